The molecule has 3 fully saturated rings. The van der Waals surface area contributed by atoms with Gasteiger partial charge in [0.1, 0.15) is 22.9 Å². The van der Waals surface area contributed by atoms with Crippen molar-refractivity contribution in [2.75, 3.05) is 26.2 Å². The molecule has 0 aromatic heterocycles. The molecule has 3 aromatic carbocycles. The first-order valence-electron chi connectivity index (χ1n) is 14.1. The molecule has 3 heterocycles. The Hall–Kier alpha value is -3.72. The Bertz CT molecular complexity index is 1400. The second kappa shape index (κ2) is 11.0. The van der Waals surface area contributed by atoms with Gasteiger partial charge in [-0.25, -0.2) is 13.6 Å². The minimum Gasteiger partial charge on any atom is -0.507 e. The molecule has 3 aliphatic rings. The van der Waals surface area contributed by atoms with E-state index in [9.17, 15) is 23.5 Å². The molecule has 3 amide bonds. The predicted molar refractivity (Wildman–Crippen MR) is 148 cm³/mol. The van der Waals surface area contributed by atoms with Crippen LogP contribution >= 0.6 is 0 Å². The van der Waals surface area contributed by atoms with Gasteiger partial charge in [-0.1, -0.05) is 24.3 Å². The molecule has 2 bridgehead atoms. The lowest BCUT2D eigenvalue weighted by Gasteiger charge is -2.39. The van der Waals surface area contributed by atoms with Crippen molar-refractivity contribution in [3.63, 3.8) is 0 Å². The average molecular weight is 549 g/mol. The lowest BCUT2D eigenvalue weighted by molar-refractivity contribution is 0.0753. The number of urea groups is 1. The summed E-state index contributed by atoms with van der Waals surface area (Å²) in [5.74, 6) is -1.90. The van der Waals surface area contributed by atoms with Crippen LogP contribution in [0.3, 0.4) is 0 Å². The van der Waals surface area contributed by atoms with Gasteiger partial charge in [0.05, 0.1) is 0 Å². The van der Waals surface area contributed by atoms with Crippen molar-refractivity contribution in [2.45, 2.75) is 56.8 Å². The summed E-state index contributed by atoms with van der Waals surface area (Å²) in [6, 6.07) is 15.7. The molecule has 40 heavy (non-hydrogen) atoms. The summed E-state index contributed by atoms with van der Waals surface area (Å²) in [5, 5.41) is 15.2. The lowest BCUT2D eigenvalue weighted by Crippen LogP contribution is -2.53. The van der Waals surface area contributed by atoms with Gasteiger partial charge in [0.2, 0.25) is 0 Å². The van der Waals surface area contributed by atoms with Crippen LogP contribution in [0.15, 0.2) is 54.6 Å². The molecule has 3 aliphatic heterocycles. The Balaban J connectivity index is 1.03. The molecule has 1 unspecified atom stereocenters. The van der Waals surface area contributed by atoms with Crippen LogP contribution in [0.25, 0.3) is 10.8 Å². The van der Waals surface area contributed by atoms with Gasteiger partial charge in [0.25, 0.3) is 5.91 Å². The summed E-state index contributed by atoms with van der Waals surface area (Å²) in [7, 11) is 0. The highest BCUT2D eigenvalue weighted by molar-refractivity contribution is 5.97. The minimum atomic E-state index is -0.749. The number of fused-ring (bicyclic) bond motifs is 3. The van der Waals surface area contributed by atoms with E-state index in [1.807, 2.05) is 12.1 Å². The van der Waals surface area contributed by atoms with Gasteiger partial charge in [-0.2, -0.15) is 0 Å². The Kier molecular flexibility index (Phi) is 7.31. The summed E-state index contributed by atoms with van der Waals surface area (Å²) in [5.41, 5.74) is 0.895. The Morgan fingerprint density at radius 1 is 0.875 bits per heavy atom. The normalized spacial score (nSPS) is 23.3. The monoisotopic (exact) mass is 548 g/mol. The van der Waals surface area contributed by atoms with Crippen molar-refractivity contribution in [3.8, 4) is 5.75 Å². The van der Waals surface area contributed by atoms with Gasteiger partial charge in [-0.15, -0.1) is 0 Å². The molecule has 3 aromatic rings. The number of hydrogen-bond acceptors (Lipinski definition) is 4. The van der Waals surface area contributed by atoms with E-state index in [2.05, 4.69) is 22.3 Å². The highest BCUT2D eigenvalue weighted by Gasteiger charge is 2.41. The zero-order valence-electron chi connectivity index (χ0n) is 22.4. The lowest BCUT2D eigenvalue weighted by atomic mass is 9.96. The minimum absolute atomic E-state index is 0.0946. The number of carbonyl (C=O) groups is 2. The topological polar surface area (TPSA) is 76.1 Å². The summed E-state index contributed by atoms with van der Waals surface area (Å²) in [6.07, 6.45) is 4.59. The number of carbonyl (C=O) groups excluding carboxylic acids is 2. The standard InChI is InChI=1S/C31H34F2N4O3/c32-23-8-7-21-15-20(5-6-22(21)16-23)19-37-25-9-10-26(37)18-24(17-25)34-31(40)36-12-2-11-35(13-14-36)30(39)29-27(33)3-1-4-28(29)38/h1,3-8,15-16,24-26,38H,2,9-14,17-19H2,(H,34,40)/t24?,25-,26+. The zero-order valence-corrected chi connectivity index (χ0v) is 22.4. The number of nitrogens with zero attached hydrogens (tertiary/aromatic N) is 3. The molecule has 9 heteroatoms. The number of halogens is 2. The smallest absolute Gasteiger partial charge is 0.317 e. The van der Waals surface area contributed by atoms with E-state index in [1.54, 1.807) is 11.0 Å². The first-order chi connectivity index (χ1) is 19.4. The zero-order chi connectivity index (χ0) is 27.8. The summed E-state index contributed by atoms with van der Waals surface area (Å²) < 4.78 is 27.8. The third-order valence-corrected chi connectivity index (χ3v) is 8.72. The SMILES string of the molecule is O=C(NC1C[C@H]2CC[C@@H](C1)N2Cc1ccc2cc(F)ccc2c1)N1CCCN(C(=O)c2c(O)cccc2F)CC1. The van der Waals surface area contributed by atoms with E-state index in [-0.39, 0.29) is 35.7 Å². The number of phenolic OH excluding ortho intramolecular Hbond substituents is 1. The number of aromatic hydroxyl groups is 1. The summed E-state index contributed by atoms with van der Waals surface area (Å²) >= 11 is 0. The number of hydrogen-bond donors (Lipinski definition) is 2. The van der Waals surface area contributed by atoms with E-state index in [1.165, 1.54) is 28.7 Å². The van der Waals surface area contributed by atoms with Crippen LogP contribution in [-0.2, 0) is 6.54 Å². The van der Waals surface area contributed by atoms with E-state index in [4.69, 9.17) is 0 Å². The van der Waals surface area contributed by atoms with Crippen LogP contribution < -0.4 is 5.32 Å². The van der Waals surface area contributed by atoms with Crippen molar-refractivity contribution in [1.82, 2.24) is 20.0 Å². The maximum absolute atomic E-state index is 14.2. The van der Waals surface area contributed by atoms with Crippen molar-refractivity contribution in [3.05, 3.63) is 77.4 Å². The third-order valence-electron chi connectivity index (χ3n) is 8.72. The van der Waals surface area contributed by atoms with E-state index >= 15 is 0 Å². The Morgan fingerprint density at radius 3 is 2.35 bits per heavy atom. The summed E-state index contributed by atoms with van der Waals surface area (Å²) in [4.78, 5) is 31.9. The Labute approximate surface area is 232 Å². The van der Waals surface area contributed by atoms with Crippen molar-refractivity contribution in [1.29, 1.82) is 0 Å². The molecule has 0 aliphatic carbocycles. The van der Waals surface area contributed by atoms with Crippen molar-refractivity contribution >= 4 is 22.7 Å². The third kappa shape index (κ3) is 5.35. The molecule has 6 rings (SSSR count). The average Bonchev–Trinajstić information content (AvgIpc) is 3.11. The number of rotatable bonds is 4. The molecular formula is C31H34F2N4O3. The fourth-order valence-corrected chi connectivity index (χ4v) is 6.70. The quantitative estimate of drug-likeness (QED) is 0.488. The number of nitrogens with one attached hydrogen (secondary N) is 1. The maximum atomic E-state index is 14.2. The van der Waals surface area contributed by atoms with Gasteiger partial charge in [0, 0.05) is 50.8 Å². The van der Waals surface area contributed by atoms with E-state index in [0.717, 1.165) is 49.1 Å². The molecule has 0 radical (unpaired) electrons. The van der Waals surface area contributed by atoms with Crippen molar-refractivity contribution in [2.24, 2.45) is 0 Å². The molecule has 210 valence electrons. The van der Waals surface area contributed by atoms with Gasteiger partial charge < -0.3 is 20.2 Å². The first-order valence-corrected chi connectivity index (χ1v) is 14.1. The molecule has 3 saturated heterocycles. The van der Waals surface area contributed by atoms with E-state index in [0.29, 0.717) is 38.1 Å². The number of amides is 3. The molecule has 3 atom stereocenters. The van der Waals surface area contributed by atoms with Gasteiger partial charge in [0.15, 0.2) is 0 Å². The van der Waals surface area contributed by atoms with Crippen LogP contribution in [0.5, 0.6) is 5.75 Å². The van der Waals surface area contributed by atoms with E-state index < -0.39 is 11.7 Å². The van der Waals surface area contributed by atoms with Gasteiger partial charge in [-0.3, -0.25) is 9.69 Å². The largest absolute Gasteiger partial charge is 0.507 e. The maximum Gasteiger partial charge on any atom is 0.317 e. The highest BCUT2D eigenvalue weighted by Crippen LogP contribution is 2.37. The number of phenols is 1. The molecular weight excluding hydrogens is 514 g/mol. The number of benzene rings is 3. The second-order valence-corrected chi connectivity index (χ2v) is 11.3. The fraction of sp³-hybridized carbons (Fsp3) is 0.419. The predicted octanol–water partition coefficient (Wildman–Crippen LogP) is 4.88. The van der Waals surface area contributed by atoms with Crippen LogP contribution in [-0.4, -0.2) is 76.0 Å². The highest BCUT2D eigenvalue weighted by atomic mass is 19.1. The summed E-state index contributed by atoms with van der Waals surface area (Å²) in [6.45, 7) is 2.38. The van der Waals surface area contributed by atoms with Crippen LogP contribution in [0.1, 0.15) is 48.0 Å². The first kappa shape index (κ1) is 26.5. The van der Waals surface area contributed by atoms with Crippen molar-refractivity contribution < 1.29 is 23.5 Å². The van der Waals surface area contributed by atoms with Crippen LogP contribution in [0, 0.1) is 11.6 Å². The fourth-order valence-electron chi connectivity index (χ4n) is 6.70. The number of piperidine rings is 1. The van der Waals surface area contributed by atoms with Gasteiger partial charge >= 0.3 is 6.03 Å². The van der Waals surface area contributed by atoms with Crippen LogP contribution in [0.2, 0.25) is 0 Å². The molecule has 0 saturated carbocycles. The van der Waals surface area contributed by atoms with Crippen LogP contribution in [0.4, 0.5) is 13.6 Å². The van der Waals surface area contributed by atoms with Gasteiger partial charge in [-0.05, 0) is 78.8 Å². The molecule has 0 spiro atoms. The molecule has 2 N–H and O–H groups in total. The molecule has 7 nitrogen and oxygen atoms in total. The Morgan fingerprint density at radius 2 is 1.57 bits per heavy atom. The second-order valence-electron chi connectivity index (χ2n) is 11.3.